The van der Waals surface area contributed by atoms with E-state index in [0.29, 0.717) is 18.5 Å². The standard InChI is InChI=1S/C21H33N3O2/c1-16(2)20(24-10-12-26-13-11-24)15-22-21(25)18-7-6-17(3)19(14-18)23-8-4-5-9-23/h6-7,14,16,20H,4-5,8-13,15H2,1-3H3,(H,22,25). The summed E-state index contributed by atoms with van der Waals surface area (Å²) in [4.78, 5) is 17.6. The van der Waals surface area contributed by atoms with Gasteiger partial charge in [0.2, 0.25) is 0 Å². The molecule has 2 fully saturated rings. The number of aryl methyl sites for hydroxylation is 1. The van der Waals surface area contributed by atoms with Crippen LogP contribution in [0, 0.1) is 12.8 Å². The van der Waals surface area contributed by atoms with Crippen LogP contribution in [0.2, 0.25) is 0 Å². The van der Waals surface area contributed by atoms with E-state index in [0.717, 1.165) is 45.0 Å². The number of hydrogen-bond donors (Lipinski definition) is 1. The fraction of sp³-hybridized carbons (Fsp3) is 0.667. The lowest BCUT2D eigenvalue weighted by Crippen LogP contribution is -2.51. The molecule has 2 heterocycles. The molecular weight excluding hydrogens is 326 g/mol. The Labute approximate surface area is 157 Å². The van der Waals surface area contributed by atoms with Gasteiger partial charge >= 0.3 is 0 Å². The molecule has 0 radical (unpaired) electrons. The second kappa shape index (κ2) is 8.87. The number of amides is 1. The van der Waals surface area contributed by atoms with Crippen molar-refractivity contribution in [2.45, 2.75) is 39.7 Å². The molecule has 1 aromatic rings. The first-order valence-electron chi connectivity index (χ1n) is 10.0. The molecular formula is C21H33N3O2. The molecule has 0 spiro atoms. The Hall–Kier alpha value is -1.59. The Balaban J connectivity index is 1.64. The minimum Gasteiger partial charge on any atom is -0.379 e. The van der Waals surface area contributed by atoms with Crippen LogP contribution in [0.3, 0.4) is 0 Å². The van der Waals surface area contributed by atoms with Crippen molar-refractivity contribution in [3.63, 3.8) is 0 Å². The fourth-order valence-electron chi connectivity index (χ4n) is 4.04. The zero-order chi connectivity index (χ0) is 18.5. The maximum atomic E-state index is 12.8. The summed E-state index contributed by atoms with van der Waals surface area (Å²) in [6.45, 7) is 12.9. The molecule has 0 aromatic heterocycles. The third kappa shape index (κ3) is 4.57. The second-order valence-electron chi connectivity index (χ2n) is 7.87. The molecule has 1 atom stereocenters. The van der Waals surface area contributed by atoms with E-state index in [4.69, 9.17) is 4.74 Å². The van der Waals surface area contributed by atoms with Crippen LogP contribution >= 0.6 is 0 Å². The first-order valence-corrected chi connectivity index (χ1v) is 10.0. The topological polar surface area (TPSA) is 44.8 Å². The lowest BCUT2D eigenvalue weighted by Gasteiger charge is -2.37. The molecule has 2 aliphatic rings. The number of hydrogen-bond acceptors (Lipinski definition) is 4. The van der Waals surface area contributed by atoms with Gasteiger partial charge in [-0.05, 0) is 43.4 Å². The van der Waals surface area contributed by atoms with E-state index < -0.39 is 0 Å². The van der Waals surface area contributed by atoms with Crippen LogP contribution in [0.15, 0.2) is 18.2 Å². The maximum absolute atomic E-state index is 12.8. The van der Waals surface area contributed by atoms with Crippen molar-refractivity contribution >= 4 is 11.6 Å². The molecule has 1 amide bonds. The van der Waals surface area contributed by atoms with Gasteiger partial charge in [0.05, 0.1) is 13.2 Å². The molecule has 144 valence electrons. The maximum Gasteiger partial charge on any atom is 0.251 e. The average molecular weight is 360 g/mol. The Morgan fingerprint density at radius 3 is 2.50 bits per heavy atom. The third-order valence-corrected chi connectivity index (χ3v) is 5.67. The van der Waals surface area contributed by atoms with Crippen molar-refractivity contribution in [1.82, 2.24) is 10.2 Å². The zero-order valence-corrected chi connectivity index (χ0v) is 16.5. The van der Waals surface area contributed by atoms with Crippen LogP contribution in [-0.2, 0) is 4.74 Å². The van der Waals surface area contributed by atoms with Crippen LogP contribution in [0.5, 0.6) is 0 Å². The summed E-state index contributed by atoms with van der Waals surface area (Å²) in [5.41, 5.74) is 3.22. The summed E-state index contributed by atoms with van der Waals surface area (Å²) < 4.78 is 5.46. The SMILES string of the molecule is Cc1ccc(C(=O)NCC(C(C)C)N2CCOCC2)cc1N1CCCC1. The largest absolute Gasteiger partial charge is 0.379 e. The van der Waals surface area contributed by atoms with E-state index in [1.54, 1.807) is 0 Å². The Bertz CT molecular complexity index is 605. The number of nitrogens with one attached hydrogen (secondary N) is 1. The Kier molecular flexibility index (Phi) is 6.54. The molecule has 0 bridgehead atoms. The van der Waals surface area contributed by atoms with Gasteiger partial charge in [0, 0.05) is 50.0 Å². The third-order valence-electron chi connectivity index (χ3n) is 5.67. The summed E-state index contributed by atoms with van der Waals surface area (Å²) >= 11 is 0. The molecule has 0 saturated carbocycles. The second-order valence-corrected chi connectivity index (χ2v) is 7.87. The molecule has 5 heteroatoms. The predicted octanol–water partition coefficient (Wildman–Crippen LogP) is 2.68. The van der Waals surface area contributed by atoms with Gasteiger partial charge in [0.15, 0.2) is 0 Å². The smallest absolute Gasteiger partial charge is 0.251 e. The minimum atomic E-state index is 0.0318. The van der Waals surface area contributed by atoms with Crippen molar-refractivity contribution < 1.29 is 9.53 Å². The summed E-state index contributed by atoms with van der Waals surface area (Å²) in [6, 6.07) is 6.44. The van der Waals surface area contributed by atoms with Crippen molar-refractivity contribution in [3.8, 4) is 0 Å². The summed E-state index contributed by atoms with van der Waals surface area (Å²) in [5, 5.41) is 3.18. The fourth-order valence-corrected chi connectivity index (χ4v) is 4.04. The molecule has 3 rings (SSSR count). The Morgan fingerprint density at radius 2 is 1.85 bits per heavy atom. The van der Waals surface area contributed by atoms with Crippen LogP contribution in [0.25, 0.3) is 0 Å². The highest BCUT2D eigenvalue weighted by molar-refractivity contribution is 5.95. The van der Waals surface area contributed by atoms with Crippen LogP contribution < -0.4 is 10.2 Å². The number of ether oxygens (including phenoxy) is 1. The molecule has 1 unspecified atom stereocenters. The van der Waals surface area contributed by atoms with E-state index in [1.807, 2.05) is 6.07 Å². The van der Waals surface area contributed by atoms with Crippen LogP contribution in [-0.4, -0.2) is 62.8 Å². The number of nitrogens with zero attached hydrogens (tertiary/aromatic N) is 2. The highest BCUT2D eigenvalue weighted by Gasteiger charge is 2.24. The van der Waals surface area contributed by atoms with Crippen LogP contribution in [0.1, 0.15) is 42.6 Å². The normalized spacial score (nSPS) is 19.8. The van der Waals surface area contributed by atoms with Crippen molar-refractivity contribution in [1.29, 1.82) is 0 Å². The van der Waals surface area contributed by atoms with Gasteiger partial charge in [-0.15, -0.1) is 0 Å². The van der Waals surface area contributed by atoms with E-state index in [1.165, 1.54) is 24.1 Å². The van der Waals surface area contributed by atoms with Gasteiger partial charge in [-0.2, -0.15) is 0 Å². The molecule has 1 N–H and O–H groups in total. The first kappa shape index (κ1) is 19.2. The van der Waals surface area contributed by atoms with E-state index in [9.17, 15) is 4.79 Å². The molecule has 1 aromatic carbocycles. The number of rotatable bonds is 6. The molecule has 2 aliphatic heterocycles. The van der Waals surface area contributed by atoms with E-state index >= 15 is 0 Å². The van der Waals surface area contributed by atoms with E-state index in [2.05, 4.69) is 48.0 Å². The lowest BCUT2D eigenvalue weighted by atomic mass is 10.0. The first-order chi connectivity index (χ1) is 12.6. The van der Waals surface area contributed by atoms with Crippen molar-refractivity contribution in [3.05, 3.63) is 29.3 Å². The summed E-state index contributed by atoms with van der Waals surface area (Å²) in [7, 11) is 0. The van der Waals surface area contributed by atoms with Gasteiger partial charge in [0.1, 0.15) is 0 Å². The quantitative estimate of drug-likeness (QED) is 0.848. The van der Waals surface area contributed by atoms with Gasteiger partial charge < -0.3 is 15.0 Å². The number of carbonyl (C=O) groups is 1. The Morgan fingerprint density at radius 1 is 1.15 bits per heavy atom. The summed E-state index contributed by atoms with van der Waals surface area (Å²) in [6.07, 6.45) is 2.48. The molecule has 2 saturated heterocycles. The van der Waals surface area contributed by atoms with Gasteiger partial charge in [-0.1, -0.05) is 19.9 Å². The van der Waals surface area contributed by atoms with Gasteiger partial charge in [0.25, 0.3) is 5.91 Å². The monoisotopic (exact) mass is 359 g/mol. The van der Waals surface area contributed by atoms with E-state index in [-0.39, 0.29) is 5.91 Å². The van der Waals surface area contributed by atoms with Crippen molar-refractivity contribution in [2.75, 3.05) is 50.8 Å². The number of morpholine rings is 1. The number of carbonyl (C=O) groups excluding carboxylic acids is 1. The predicted molar refractivity (Wildman–Crippen MR) is 106 cm³/mol. The van der Waals surface area contributed by atoms with Crippen LogP contribution in [0.4, 0.5) is 5.69 Å². The zero-order valence-electron chi connectivity index (χ0n) is 16.5. The minimum absolute atomic E-state index is 0.0318. The summed E-state index contributed by atoms with van der Waals surface area (Å²) in [5.74, 6) is 0.524. The number of anilines is 1. The molecule has 5 nitrogen and oxygen atoms in total. The molecule has 26 heavy (non-hydrogen) atoms. The highest BCUT2D eigenvalue weighted by atomic mass is 16.5. The van der Waals surface area contributed by atoms with Gasteiger partial charge in [-0.25, -0.2) is 0 Å². The average Bonchev–Trinajstić information content (AvgIpc) is 3.17. The van der Waals surface area contributed by atoms with Gasteiger partial charge in [-0.3, -0.25) is 9.69 Å². The number of benzene rings is 1. The highest BCUT2D eigenvalue weighted by Crippen LogP contribution is 2.25. The lowest BCUT2D eigenvalue weighted by molar-refractivity contribution is 0.00673. The van der Waals surface area contributed by atoms with Crippen molar-refractivity contribution in [2.24, 2.45) is 5.92 Å². The molecule has 0 aliphatic carbocycles.